The predicted molar refractivity (Wildman–Crippen MR) is 57.1 cm³/mol. The minimum atomic E-state index is -0.0566. The number of nitrogens with zero attached hydrogens (tertiary/aromatic N) is 1. The molecular formula is C10H15ClN2. The first-order valence-corrected chi connectivity index (χ1v) is 4.63. The molecule has 0 aliphatic rings. The van der Waals surface area contributed by atoms with Crippen LogP contribution in [0.15, 0.2) is 6.07 Å². The van der Waals surface area contributed by atoms with E-state index in [0.29, 0.717) is 10.8 Å². The Hall–Kier alpha value is -0.760. The molecule has 0 radical (unpaired) electrons. The second kappa shape index (κ2) is 3.18. The summed E-state index contributed by atoms with van der Waals surface area (Å²) in [4.78, 5) is 4.29. The molecule has 3 heteroatoms. The first-order valence-electron chi connectivity index (χ1n) is 4.25. The molecule has 1 aromatic heterocycles. The monoisotopic (exact) mass is 198 g/mol. The Kier molecular flexibility index (Phi) is 2.53. The lowest BCUT2D eigenvalue weighted by molar-refractivity contribution is 0.570. The van der Waals surface area contributed by atoms with Crippen molar-refractivity contribution in [2.24, 2.45) is 0 Å². The highest BCUT2D eigenvalue weighted by atomic mass is 35.5. The van der Waals surface area contributed by atoms with Gasteiger partial charge in [-0.25, -0.2) is 4.98 Å². The molecule has 0 aliphatic heterocycles. The van der Waals surface area contributed by atoms with Crippen molar-refractivity contribution in [1.29, 1.82) is 0 Å². The molecule has 13 heavy (non-hydrogen) atoms. The first-order chi connectivity index (χ1) is 5.82. The van der Waals surface area contributed by atoms with E-state index in [2.05, 4.69) is 25.8 Å². The fourth-order valence-electron chi connectivity index (χ4n) is 1.12. The number of nitrogen functional groups attached to an aromatic ring is 1. The third-order valence-corrected chi connectivity index (χ3v) is 2.20. The van der Waals surface area contributed by atoms with Crippen molar-refractivity contribution in [3.63, 3.8) is 0 Å². The molecule has 0 aliphatic carbocycles. The fourth-order valence-corrected chi connectivity index (χ4v) is 1.61. The molecule has 0 atom stereocenters. The summed E-state index contributed by atoms with van der Waals surface area (Å²) in [5.74, 6) is 0.564. The van der Waals surface area contributed by atoms with Gasteiger partial charge in [-0.3, -0.25) is 0 Å². The van der Waals surface area contributed by atoms with Crippen molar-refractivity contribution < 1.29 is 0 Å². The summed E-state index contributed by atoms with van der Waals surface area (Å²) in [6, 6.07) is 1.87. The Morgan fingerprint density at radius 2 is 1.92 bits per heavy atom. The van der Waals surface area contributed by atoms with Crippen LogP contribution in [0.1, 0.15) is 32.0 Å². The summed E-state index contributed by atoms with van der Waals surface area (Å²) in [6.07, 6.45) is 0. The zero-order valence-electron chi connectivity index (χ0n) is 8.48. The minimum Gasteiger partial charge on any atom is -0.383 e. The normalized spacial score (nSPS) is 11.8. The summed E-state index contributed by atoms with van der Waals surface area (Å²) >= 11 is 6.07. The van der Waals surface area contributed by atoms with Crippen molar-refractivity contribution in [2.75, 3.05) is 5.73 Å². The SMILES string of the molecule is Cc1cc(Cl)c(C(C)(C)C)nc1N. The largest absolute Gasteiger partial charge is 0.383 e. The van der Waals surface area contributed by atoms with Crippen molar-refractivity contribution in [3.05, 3.63) is 22.3 Å². The van der Waals surface area contributed by atoms with E-state index in [9.17, 15) is 0 Å². The molecule has 0 aromatic carbocycles. The van der Waals surface area contributed by atoms with Gasteiger partial charge < -0.3 is 5.73 Å². The summed E-state index contributed by atoms with van der Waals surface area (Å²) in [7, 11) is 0. The van der Waals surface area contributed by atoms with Crippen LogP contribution in [0.3, 0.4) is 0 Å². The van der Waals surface area contributed by atoms with E-state index >= 15 is 0 Å². The van der Waals surface area contributed by atoms with Gasteiger partial charge in [0, 0.05) is 5.41 Å². The Morgan fingerprint density at radius 1 is 1.38 bits per heavy atom. The minimum absolute atomic E-state index is 0.0566. The van der Waals surface area contributed by atoms with Crippen LogP contribution in [0.5, 0.6) is 0 Å². The van der Waals surface area contributed by atoms with Crippen LogP contribution < -0.4 is 5.73 Å². The van der Waals surface area contributed by atoms with Crippen LogP contribution in [0.4, 0.5) is 5.82 Å². The Labute approximate surface area is 84.1 Å². The highest BCUT2D eigenvalue weighted by Crippen LogP contribution is 2.29. The maximum atomic E-state index is 6.07. The summed E-state index contributed by atoms with van der Waals surface area (Å²) in [6.45, 7) is 8.10. The standard InChI is InChI=1S/C10H15ClN2/c1-6-5-7(11)8(10(2,3)4)13-9(6)12/h5H,1-4H3,(H2,12,13). The molecule has 0 spiro atoms. The van der Waals surface area contributed by atoms with E-state index in [4.69, 9.17) is 17.3 Å². The highest BCUT2D eigenvalue weighted by Gasteiger charge is 2.19. The number of aryl methyl sites for hydroxylation is 1. The van der Waals surface area contributed by atoms with Gasteiger partial charge in [0.1, 0.15) is 5.82 Å². The highest BCUT2D eigenvalue weighted by molar-refractivity contribution is 6.31. The van der Waals surface area contributed by atoms with Crippen molar-refractivity contribution in [2.45, 2.75) is 33.1 Å². The number of aromatic nitrogens is 1. The summed E-state index contributed by atoms with van der Waals surface area (Å²) in [5, 5.41) is 0.694. The number of hydrogen-bond acceptors (Lipinski definition) is 2. The van der Waals surface area contributed by atoms with E-state index in [-0.39, 0.29) is 5.41 Å². The number of anilines is 1. The molecule has 72 valence electrons. The zero-order valence-corrected chi connectivity index (χ0v) is 9.24. The van der Waals surface area contributed by atoms with Crippen LogP contribution in [0.25, 0.3) is 0 Å². The van der Waals surface area contributed by atoms with Gasteiger partial charge in [0.15, 0.2) is 0 Å². The predicted octanol–water partition coefficient (Wildman–Crippen LogP) is 2.92. The van der Waals surface area contributed by atoms with Crippen LogP contribution in [-0.4, -0.2) is 4.98 Å². The third kappa shape index (κ3) is 2.13. The number of pyridine rings is 1. The molecule has 2 N–H and O–H groups in total. The molecule has 1 rings (SSSR count). The van der Waals surface area contributed by atoms with Crippen LogP contribution >= 0.6 is 11.6 Å². The summed E-state index contributed by atoms with van der Waals surface area (Å²) < 4.78 is 0. The van der Waals surface area contributed by atoms with Gasteiger partial charge in [-0.15, -0.1) is 0 Å². The lowest BCUT2D eigenvalue weighted by Gasteiger charge is -2.20. The zero-order chi connectivity index (χ0) is 10.2. The topological polar surface area (TPSA) is 38.9 Å². The van der Waals surface area contributed by atoms with Gasteiger partial charge >= 0.3 is 0 Å². The van der Waals surface area contributed by atoms with Crippen LogP contribution in [0.2, 0.25) is 5.02 Å². The molecule has 0 amide bonds. The van der Waals surface area contributed by atoms with Gasteiger partial charge in [0.2, 0.25) is 0 Å². The van der Waals surface area contributed by atoms with Gasteiger partial charge in [-0.2, -0.15) is 0 Å². The average molecular weight is 199 g/mol. The second-order valence-corrected chi connectivity index (χ2v) is 4.68. The van der Waals surface area contributed by atoms with Gasteiger partial charge in [0.25, 0.3) is 0 Å². The molecule has 1 aromatic rings. The molecule has 0 saturated heterocycles. The van der Waals surface area contributed by atoms with Gasteiger partial charge in [-0.1, -0.05) is 32.4 Å². The lowest BCUT2D eigenvalue weighted by Crippen LogP contribution is -2.15. The number of halogens is 1. The molecule has 0 unspecified atom stereocenters. The molecular weight excluding hydrogens is 184 g/mol. The van der Waals surface area contributed by atoms with E-state index < -0.39 is 0 Å². The Balaban J connectivity index is 3.32. The van der Waals surface area contributed by atoms with Gasteiger partial charge in [0.05, 0.1) is 10.7 Å². The Bertz CT molecular complexity index is 326. The third-order valence-electron chi connectivity index (χ3n) is 1.92. The quantitative estimate of drug-likeness (QED) is 0.696. The van der Waals surface area contributed by atoms with E-state index in [1.807, 2.05) is 13.0 Å². The Morgan fingerprint density at radius 3 is 2.38 bits per heavy atom. The summed E-state index contributed by atoms with van der Waals surface area (Å²) in [5.41, 5.74) is 7.45. The average Bonchev–Trinajstić information content (AvgIpc) is 1.94. The number of nitrogens with two attached hydrogens (primary N) is 1. The van der Waals surface area contributed by atoms with Crippen LogP contribution in [0, 0.1) is 6.92 Å². The smallest absolute Gasteiger partial charge is 0.126 e. The second-order valence-electron chi connectivity index (χ2n) is 4.27. The maximum absolute atomic E-state index is 6.07. The van der Waals surface area contributed by atoms with Crippen molar-refractivity contribution >= 4 is 17.4 Å². The van der Waals surface area contributed by atoms with E-state index in [1.165, 1.54) is 0 Å². The molecule has 1 heterocycles. The lowest BCUT2D eigenvalue weighted by atomic mass is 9.91. The number of rotatable bonds is 0. The van der Waals surface area contributed by atoms with Crippen molar-refractivity contribution in [1.82, 2.24) is 4.98 Å². The molecule has 0 bridgehead atoms. The fraction of sp³-hybridized carbons (Fsp3) is 0.500. The molecule has 2 nitrogen and oxygen atoms in total. The molecule has 0 fully saturated rings. The van der Waals surface area contributed by atoms with Crippen LogP contribution in [-0.2, 0) is 5.41 Å². The maximum Gasteiger partial charge on any atom is 0.126 e. The first kappa shape index (κ1) is 10.3. The molecule has 0 saturated carbocycles. The van der Waals surface area contributed by atoms with Crippen molar-refractivity contribution in [3.8, 4) is 0 Å². The van der Waals surface area contributed by atoms with E-state index in [1.54, 1.807) is 0 Å². The van der Waals surface area contributed by atoms with Gasteiger partial charge in [-0.05, 0) is 18.6 Å². The number of hydrogen-bond donors (Lipinski definition) is 1. The van der Waals surface area contributed by atoms with E-state index in [0.717, 1.165) is 11.3 Å².